The largest absolute Gasteiger partial charge is 0.351 e. The number of sulfonamides is 1. The summed E-state index contributed by atoms with van der Waals surface area (Å²) in [6.07, 6.45) is 5.98. The number of nitrogens with two attached hydrogens (primary N) is 1. The number of nitrogens with one attached hydrogen (secondary N) is 1. The van der Waals surface area contributed by atoms with E-state index in [1.165, 1.54) is 43.5 Å². The van der Waals surface area contributed by atoms with Crippen molar-refractivity contribution in [1.82, 2.24) is 5.32 Å². The molecule has 1 amide bonds. The average Bonchev–Trinajstić information content (AvgIpc) is 2.45. The van der Waals surface area contributed by atoms with Gasteiger partial charge in [-0.15, -0.1) is 0 Å². The van der Waals surface area contributed by atoms with Gasteiger partial charge in [-0.25, -0.2) is 13.6 Å². The minimum absolute atomic E-state index is 0.0123. The molecular formula is C15H22N2O3S. The molecule has 1 aromatic carbocycles. The fourth-order valence-electron chi connectivity index (χ4n) is 2.77. The summed E-state index contributed by atoms with van der Waals surface area (Å²) in [5.41, 5.74) is 0.621. The van der Waals surface area contributed by atoms with Gasteiger partial charge in [0.2, 0.25) is 10.0 Å². The third-order valence-corrected chi connectivity index (χ3v) is 5.11. The topological polar surface area (TPSA) is 89.3 Å². The molecule has 1 aliphatic carbocycles. The van der Waals surface area contributed by atoms with Gasteiger partial charge < -0.3 is 5.32 Å². The van der Waals surface area contributed by atoms with Gasteiger partial charge in [-0.1, -0.05) is 26.2 Å². The molecule has 5 nitrogen and oxygen atoms in total. The van der Waals surface area contributed by atoms with Crippen LogP contribution in [0.25, 0.3) is 0 Å². The molecule has 0 aromatic heterocycles. The van der Waals surface area contributed by atoms with Crippen LogP contribution in [-0.4, -0.2) is 20.9 Å². The molecule has 6 heteroatoms. The summed E-state index contributed by atoms with van der Waals surface area (Å²) in [5, 5.41) is 7.98. The maximum Gasteiger partial charge on any atom is 0.251 e. The highest BCUT2D eigenvalue weighted by molar-refractivity contribution is 7.89. The van der Waals surface area contributed by atoms with E-state index in [2.05, 4.69) is 12.2 Å². The van der Waals surface area contributed by atoms with E-state index in [1.54, 1.807) is 0 Å². The van der Waals surface area contributed by atoms with E-state index in [9.17, 15) is 13.2 Å². The maximum atomic E-state index is 12.1. The van der Waals surface area contributed by atoms with Crippen molar-refractivity contribution in [3.63, 3.8) is 0 Å². The summed E-state index contributed by atoms with van der Waals surface area (Å²) >= 11 is 0. The zero-order valence-corrected chi connectivity index (χ0v) is 13.1. The first-order chi connectivity index (χ1) is 9.80. The molecular weight excluding hydrogens is 288 g/mol. The average molecular weight is 310 g/mol. The van der Waals surface area contributed by atoms with Gasteiger partial charge in [0.1, 0.15) is 0 Å². The van der Waals surface area contributed by atoms with Crippen LogP contribution < -0.4 is 10.5 Å². The van der Waals surface area contributed by atoms with Crippen LogP contribution in [0.5, 0.6) is 0 Å². The van der Waals surface area contributed by atoms with E-state index in [-0.39, 0.29) is 16.2 Å². The van der Waals surface area contributed by atoms with Gasteiger partial charge >= 0.3 is 0 Å². The predicted molar refractivity (Wildman–Crippen MR) is 81.3 cm³/mol. The normalized spacial score (nSPS) is 18.2. The predicted octanol–water partition coefficient (Wildman–Crippen LogP) is 2.03. The molecule has 1 fully saturated rings. The summed E-state index contributed by atoms with van der Waals surface area (Å²) in [6, 6.07) is 5.68. The van der Waals surface area contributed by atoms with Gasteiger partial charge in [-0.2, -0.15) is 0 Å². The molecule has 0 radical (unpaired) electrons. The molecule has 1 aliphatic rings. The van der Waals surface area contributed by atoms with Crippen molar-refractivity contribution in [2.24, 2.45) is 10.6 Å². The molecule has 0 saturated heterocycles. The second kappa shape index (κ2) is 6.15. The fraction of sp³-hybridized carbons (Fsp3) is 0.533. The Bertz CT molecular complexity index is 602. The Hall–Kier alpha value is -1.40. The fourth-order valence-corrected chi connectivity index (χ4v) is 3.29. The maximum absolute atomic E-state index is 12.1. The summed E-state index contributed by atoms with van der Waals surface area (Å²) in [7, 11) is -3.72. The summed E-state index contributed by atoms with van der Waals surface area (Å²) in [4.78, 5) is 12.1. The van der Waals surface area contributed by atoms with E-state index >= 15 is 0 Å². The summed E-state index contributed by atoms with van der Waals surface area (Å²) in [6.45, 7) is 2.86. The SMILES string of the molecule is CC1(CNC(=O)c2ccc(S(N)(=O)=O)cc2)CCCCC1. The Morgan fingerprint density at radius 3 is 2.29 bits per heavy atom. The van der Waals surface area contributed by atoms with Crippen molar-refractivity contribution < 1.29 is 13.2 Å². The number of rotatable bonds is 4. The number of hydrogen-bond acceptors (Lipinski definition) is 3. The standard InChI is InChI=1S/C15H22N2O3S/c1-15(9-3-2-4-10-15)11-17-14(18)12-5-7-13(8-6-12)21(16,19)20/h5-8H,2-4,9-11H2,1H3,(H,17,18)(H2,16,19,20). The zero-order valence-electron chi connectivity index (χ0n) is 12.3. The molecule has 0 heterocycles. The van der Waals surface area contributed by atoms with Gasteiger partial charge in [0.05, 0.1) is 4.90 Å². The zero-order chi connectivity index (χ0) is 15.5. The quantitative estimate of drug-likeness (QED) is 0.891. The molecule has 1 aromatic rings. The van der Waals surface area contributed by atoms with Crippen molar-refractivity contribution in [3.8, 4) is 0 Å². The first kappa shape index (κ1) is 16.0. The van der Waals surface area contributed by atoms with Gasteiger partial charge in [0.15, 0.2) is 0 Å². The van der Waals surface area contributed by atoms with E-state index in [4.69, 9.17) is 5.14 Å². The van der Waals surface area contributed by atoms with Crippen LogP contribution in [0.15, 0.2) is 29.2 Å². The lowest BCUT2D eigenvalue weighted by Gasteiger charge is -2.33. The highest BCUT2D eigenvalue weighted by Gasteiger charge is 2.27. The molecule has 116 valence electrons. The summed E-state index contributed by atoms with van der Waals surface area (Å²) < 4.78 is 22.3. The lowest BCUT2D eigenvalue weighted by molar-refractivity contribution is 0.0919. The number of hydrogen-bond donors (Lipinski definition) is 2. The third kappa shape index (κ3) is 4.28. The van der Waals surface area contributed by atoms with Gasteiger partial charge in [0.25, 0.3) is 5.91 Å². The number of benzene rings is 1. The van der Waals surface area contributed by atoms with Crippen LogP contribution in [0.4, 0.5) is 0 Å². The van der Waals surface area contributed by atoms with Crippen LogP contribution >= 0.6 is 0 Å². The molecule has 0 bridgehead atoms. The van der Waals surface area contributed by atoms with Gasteiger partial charge in [-0.05, 0) is 42.5 Å². The van der Waals surface area contributed by atoms with Crippen LogP contribution in [0.2, 0.25) is 0 Å². The molecule has 2 rings (SSSR count). The lowest BCUT2D eigenvalue weighted by atomic mass is 9.76. The molecule has 21 heavy (non-hydrogen) atoms. The molecule has 0 unspecified atom stereocenters. The molecule has 3 N–H and O–H groups in total. The Balaban J connectivity index is 1.97. The van der Waals surface area contributed by atoms with Crippen LogP contribution in [0.1, 0.15) is 49.4 Å². The van der Waals surface area contributed by atoms with Crippen molar-refractivity contribution in [2.75, 3.05) is 6.54 Å². The summed E-state index contributed by atoms with van der Waals surface area (Å²) in [5.74, 6) is -0.178. The van der Waals surface area contributed by atoms with Crippen LogP contribution in [-0.2, 0) is 10.0 Å². The van der Waals surface area contributed by atoms with Crippen molar-refractivity contribution >= 4 is 15.9 Å². The molecule has 1 saturated carbocycles. The Morgan fingerprint density at radius 2 is 1.76 bits per heavy atom. The van der Waals surface area contributed by atoms with Gasteiger partial charge in [0, 0.05) is 12.1 Å². The van der Waals surface area contributed by atoms with Crippen molar-refractivity contribution in [3.05, 3.63) is 29.8 Å². The third-order valence-electron chi connectivity index (χ3n) is 4.18. The van der Waals surface area contributed by atoms with Crippen LogP contribution in [0, 0.1) is 5.41 Å². The number of amides is 1. The van der Waals surface area contributed by atoms with E-state index in [0.29, 0.717) is 12.1 Å². The van der Waals surface area contributed by atoms with Crippen molar-refractivity contribution in [2.45, 2.75) is 43.9 Å². The Labute approximate surface area is 126 Å². The van der Waals surface area contributed by atoms with E-state index in [0.717, 1.165) is 12.8 Å². The smallest absolute Gasteiger partial charge is 0.251 e. The number of carbonyl (C=O) groups is 1. The first-order valence-electron chi connectivity index (χ1n) is 7.21. The minimum Gasteiger partial charge on any atom is -0.351 e. The minimum atomic E-state index is -3.72. The molecule has 0 atom stereocenters. The van der Waals surface area contributed by atoms with E-state index in [1.807, 2.05) is 0 Å². The van der Waals surface area contributed by atoms with Gasteiger partial charge in [-0.3, -0.25) is 4.79 Å². The number of primary sulfonamides is 1. The number of carbonyl (C=O) groups excluding carboxylic acids is 1. The van der Waals surface area contributed by atoms with E-state index < -0.39 is 10.0 Å². The van der Waals surface area contributed by atoms with Crippen molar-refractivity contribution in [1.29, 1.82) is 0 Å². The Kier molecular flexibility index (Phi) is 4.68. The first-order valence-corrected chi connectivity index (χ1v) is 8.76. The Morgan fingerprint density at radius 1 is 1.19 bits per heavy atom. The second-order valence-corrected chi connectivity index (χ2v) is 7.68. The highest BCUT2D eigenvalue weighted by Crippen LogP contribution is 2.34. The molecule has 0 aliphatic heterocycles. The monoisotopic (exact) mass is 310 g/mol. The lowest BCUT2D eigenvalue weighted by Crippen LogP contribution is -2.37. The molecule has 0 spiro atoms. The highest BCUT2D eigenvalue weighted by atomic mass is 32.2. The second-order valence-electron chi connectivity index (χ2n) is 6.12. The van der Waals surface area contributed by atoms with Crippen LogP contribution in [0.3, 0.4) is 0 Å².